The van der Waals surface area contributed by atoms with E-state index < -0.39 is 0 Å². The summed E-state index contributed by atoms with van der Waals surface area (Å²) < 4.78 is 2.86. The maximum absolute atomic E-state index is 5.51. The molecule has 2 nitrogen and oxygen atoms in total. The Hall–Kier alpha value is -1.87. The zero-order chi connectivity index (χ0) is 14.3. The van der Waals surface area contributed by atoms with E-state index in [4.69, 9.17) is 12.2 Å². The van der Waals surface area contributed by atoms with Crippen LogP contribution in [0.5, 0.6) is 0 Å². The molecule has 0 unspecified atom stereocenters. The third kappa shape index (κ3) is 2.08. The summed E-state index contributed by atoms with van der Waals surface area (Å²) in [7, 11) is 0. The zero-order valence-corrected chi connectivity index (χ0v) is 12.8. The lowest BCUT2D eigenvalue weighted by Gasteiger charge is -2.10. The van der Waals surface area contributed by atoms with Crippen LogP contribution in [0, 0.1) is 11.7 Å². The molecule has 1 aromatic heterocycles. The SMILES string of the molecule is Cc1cccc2c1[nH]c(=S)n2-c1cccc(C(C)C)c1. The van der Waals surface area contributed by atoms with E-state index in [2.05, 4.69) is 72.8 Å². The van der Waals surface area contributed by atoms with Crippen LogP contribution in [0.3, 0.4) is 0 Å². The molecule has 0 amide bonds. The van der Waals surface area contributed by atoms with Gasteiger partial charge in [-0.25, -0.2) is 0 Å². The number of aryl methyl sites for hydroxylation is 1. The number of H-pyrrole nitrogens is 1. The van der Waals surface area contributed by atoms with Gasteiger partial charge in [0.1, 0.15) is 0 Å². The summed E-state index contributed by atoms with van der Waals surface area (Å²) in [5.74, 6) is 0.510. The number of aromatic nitrogens is 2. The molecular weight excluding hydrogens is 264 g/mol. The molecule has 0 saturated heterocycles. The van der Waals surface area contributed by atoms with Crippen molar-refractivity contribution in [2.45, 2.75) is 26.7 Å². The monoisotopic (exact) mass is 282 g/mol. The quantitative estimate of drug-likeness (QED) is 0.647. The lowest BCUT2D eigenvalue weighted by atomic mass is 10.0. The Morgan fingerprint density at radius 1 is 1.10 bits per heavy atom. The van der Waals surface area contributed by atoms with Crippen LogP contribution in [0.25, 0.3) is 16.7 Å². The van der Waals surface area contributed by atoms with Crippen LogP contribution in [-0.4, -0.2) is 9.55 Å². The van der Waals surface area contributed by atoms with Crippen LogP contribution in [0.1, 0.15) is 30.9 Å². The van der Waals surface area contributed by atoms with E-state index in [9.17, 15) is 0 Å². The highest BCUT2D eigenvalue weighted by Crippen LogP contribution is 2.24. The molecule has 3 rings (SSSR count). The maximum atomic E-state index is 5.51. The Labute approximate surface area is 124 Å². The van der Waals surface area contributed by atoms with Crippen LogP contribution < -0.4 is 0 Å². The maximum Gasteiger partial charge on any atom is 0.182 e. The molecule has 0 aliphatic heterocycles. The molecule has 3 heteroatoms. The predicted molar refractivity (Wildman–Crippen MR) is 87.3 cm³/mol. The van der Waals surface area contributed by atoms with Crippen LogP contribution in [0.2, 0.25) is 0 Å². The molecule has 0 saturated carbocycles. The molecular formula is C17H18N2S. The van der Waals surface area contributed by atoms with Crippen molar-refractivity contribution < 1.29 is 0 Å². The highest BCUT2D eigenvalue weighted by molar-refractivity contribution is 7.71. The fourth-order valence-corrected chi connectivity index (χ4v) is 2.86. The van der Waals surface area contributed by atoms with Crippen molar-refractivity contribution in [2.24, 2.45) is 0 Å². The van der Waals surface area contributed by atoms with Gasteiger partial charge in [0.25, 0.3) is 0 Å². The van der Waals surface area contributed by atoms with Crippen molar-refractivity contribution in [3.63, 3.8) is 0 Å². The van der Waals surface area contributed by atoms with E-state index in [1.807, 2.05) is 0 Å². The number of nitrogens with zero attached hydrogens (tertiary/aromatic N) is 1. The van der Waals surface area contributed by atoms with Crippen molar-refractivity contribution in [1.82, 2.24) is 9.55 Å². The zero-order valence-electron chi connectivity index (χ0n) is 12.0. The lowest BCUT2D eigenvalue weighted by Crippen LogP contribution is -1.96. The molecule has 0 fully saturated rings. The number of rotatable bonds is 2. The number of benzene rings is 2. The van der Waals surface area contributed by atoms with E-state index in [1.54, 1.807) is 0 Å². The van der Waals surface area contributed by atoms with Gasteiger partial charge in [-0.05, 0) is 54.4 Å². The second kappa shape index (κ2) is 4.91. The molecule has 0 spiro atoms. The third-order valence-electron chi connectivity index (χ3n) is 3.72. The normalized spacial score (nSPS) is 11.4. The topological polar surface area (TPSA) is 20.7 Å². The smallest absolute Gasteiger partial charge is 0.182 e. The summed E-state index contributed by atoms with van der Waals surface area (Å²) in [6.07, 6.45) is 0. The molecule has 0 atom stereocenters. The van der Waals surface area contributed by atoms with E-state index >= 15 is 0 Å². The van der Waals surface area contributed by atoms with Gasteiger partial charge in [-0.15, -0.1) is 0 Å². The van der Waals surface area contributed by atoms with Crippen molar-refractivity contribution in [2.75, 3.05) is 0 Å². The van der Waals surface area contributed by atoms with E-state index in [-0.39, 0.29) is 0 Å². The Morgan fingerprint density at radius 3 is 2.60 bits per heavy atom. The molecule has 2 aromatic carbocycles. The van der Waals surface area contributed by atoms with Gasteiger partial charge in [0.2, 0.25) is 0 Å². The van der Waals surface area contributed by atoms with Crippen molar-refractivity contribution in [1.29, 1.82) is 0 Å². The van der Waals surface area contributed by atoms with Crippen LogP contribution in [0.4, 0.5) is 0 Å². The Bertz CT molecular complexity index is 824. The summed E-state index contributed by atoms with van der Waals surface area (Å²) in [5, 5.41) is 0. The second-order valence-corrected chi connectivity index (χ2v) is 5.87. The van der Waals surface area contributed by atoms with E-state index in [0.29, 0.717) is 5.92 Å². The largest absolute Gasteiger partial charge is 0.330 e. The Balaban J connectivity index is 2.30. The number of hydrogen-bond donors (Lipinski definition) is 1. The van der Waals surface area contributed by atoms with E-state index in [1.165, 1.54) is 11.1 Å². The average Bonchev–Trinajstić information content (AvgIpc) is 2.77. The van der Waals surface area contributed by atoms with Gasteiger partial charge >= 0.3 is 0 Å². The second-order valence-electron chi connectivity index (χ2n) is 5.48. The Kier molecular flexibility index (Phi) is 3.22. The molecule has 3 aromatic rings. The van der Waals surface area contributed by atoms with Crippen molar-refractivity contribution in [3.05, 3.63) is 58.4 Å². The molecule has 1 N–H and O–H groups in total. The first kappa shape index (κ1) is 13.1. The number of imidazole rings is 1. The molecule has 0 aliphatic rings. The number of nitrogens with one attached hydrogen (secondary N) is 1. The first-order chi connectivity index (χ1) is 9.58. The van der Waals surface area contributed by atoms with Gasteiger partial charge in [-0.1, -0.05) is 38.1 Å². The summed E-state index contributed by atoms with van der Waals surface area (Å²) in [5.41, 5.74) is 5.92. The minimum atomic E-state index is 0.510. The van der Waals surface area contributed by atoms with Gasteiger partial charge in [0, 0.05) is 5.69 Å². The Morgan fingerprint density at radius 2 is 1.85 bits per heavy atom. The van der Waals surface area contributed by atoms with Gasteiger partial charge in [0.05, 0.1) is 11.0 Å². The summed E-state index contributed by atoms with van der Waals surface area (Å²) in [6, 6.07) is 14.9. The van der Waals surface area contributed by atoms with Crippen LogP contribution in [0.15, 0.2) is 42.5 Å². The first-order valence-corrected chi connectivity index (χ1v) is 7.29. The summed E-state index contributed by atoms with van der Waals surface area (Å²) in [4.78, 5) is 3.32. The van der Waals surface area contributed by atoms with Gasteiger partial charge < -0.3 is 4.98 Å². The highest BCUT2D eigenvalue weighted by atomic mass is 32.1. The number of fused-ring (bicyclic) bond motifs is 1. The molecule has 0 aliphatic carbocycles. The molecule has 102 valence electrons. The average molecular weight is 282 g/mol. The first-order valence-electron chi connectivity index (χ1n) is 6.88. The molecule has 0 radical (unpaired) electrons. The standard InChI is InChI=1S/C17H18N2S/c1-11(2)13-7-5-8-14(10-13)19-15-9-4-6-12(3)16(15)18-17(19)20/h4-11H,1-3H3,(H,18,20). The lowest BCUT2D eigenvalue weighted by molar-refractivity contribution is 0.863. The van der Waals surface area contributed by atoms with Crippen LogP contribution in [-0.2, 0) is 0 Å². The fraction of sp³-hybridized carbons (Fsp3) is 0.235. The van der Waals surface area contributed by atoms with Crippen molar-refractivity contribution in [3.8, 4) is 5.69 Å². The summed E-state index contributed by atoms with van der Waals surface area (Å²) >= 11 is 5.51. The predicted octanol–water partition coefficient (Wildman–Crippen LogP) is 5.12. The third-order valence-corrected chi connectivity index (χ3v) is 4.01. The van der Waals surface area contributed by atoms with E-state index in [0.717, 1.165) is 21.5 Å². The molecule has 0 bridgehead atoms. The fourth-order valence-electron chi connectivity index (χ4n) is 2.55. The minimum Gasteiger partial charge on any atom is -0.330 e. The van der Waals surface area contributed by atoms with Gasteiger partial charge in [-0.2, -0.15) is 0 Å². The highest BCUT2D eigenvalue weighted by Gasteiger charge is 2.09. The summed E-state index contributed by atoms with van der Waals surface area (Å²) in [6.45, 7) is 6.51. The van der Waals surface area contributed by atoms with Gasteiger partial charge in [0.15, 0.2) is 4.77 Å². The molecule has 1 heterocycles. The molecule has 20 heavy (non-hydrogen) atoms. The number of para-hydroxylation sites is 1. The van der Waals surface area contributed by atoms with Gasteiger partial charge in [-0.3, -0.25) is 4.57 Å². The van der Waals surface area contributed by atoms with Crippen LogP contribution >= 0.6 is 12.2 Å². The number of aromatic amines is 1. The number of hydrogen-bond acceptors (Lipinski definition) is 1. The van der Waals surface area contributed by atoms with Crippen molar-refractivity contribution >= 4 is 23.3 Å². The minimum absolute atomic E-state index is 0.510.